The molecule has 1 atom stereocenters. The molecule has 1 unspecified atom stereocenters. The van der Waals surface area contributed by atoms with Gasteiger partial charge in [-0.1, -0.05) is 24.3 Å². The van der Waals surface area contributed by atoms with E-state index in [1.807, 2.05) is 40.8 Å². The van der Waals surface area contributed by atoms with E-state index in [4.69, 9.17) is 9.72 Å². The maximum absolute atomic E-state index is 13.1. The largest absolute Gasteiger partial charge is 0.497 e. The number of aromatic nitrogens is 2. The normalized spacial score (nSPS) is 18.0. The third-order valence-electron chi connectivity index (χ3n) is 5.40. The number of nitrogens with one attached hydrogen (secondary N) is 2. The van der Waals surface area contributed by atoms with Crippen molar-refractivity contribution in [2.24, 2.45) is 0 Å². The second-order valence-electron chi connectivity index (χ2n) is 7.44. The molecule has 0 bridgehead atoms. The minimum atomic E-state index is -0.377. The van der Waals surface area contributed by atoms with Gasteiger partial charge in [-0.25, -0.2) is 4.98 Å². The Morgan fingerprint density at radius 1 is 1.30 bits per heavy atom. The van der Waals surface area contributed by atoms with E-state index in [0.29, 0.717) is 6.42 Å². The van der Waals surface area contributed by atoms with Gasteiger partial charge in [0.25, 0.3) is 0 Å². The molecule has 2 aliphatic rings. The van der Waals surface area contributed by atoms with Crippen LogP contribution < -0.4 is 15.4 Å². The summed E-state index contributed by atoms with van der Waals surface area (Å²) in [7, 11) is 1.62. The van der Waals surface area contributed by atoms with Crippen LogP contribution in [0, 0.1) is 6.92 Å². The van der Waals surface area contributed by atoms with Gasteiger partial charge in [0, 0.05) is 23.7 Å². The molecule has 0 saturated carbocycles. The van der Waals surface area contributed by atoms with Crippen molar-refractivity contribution in [2.75, 3.05) is 23.5 Å². The maximum Gasteiger partial charge on any atom is 0.234 e. The van der Waals surface area contributed by atoms with Crippen molar-refractivity contribution in [1.29, 1.82) is 0 Å². The van der Waals surface area contributed by atoms with Gasteiger partial charge >= 0.3 is 0 Å². The number of nitrogens with zero attached hydrogens (tertiary/aromatic N) is 2. The van der Waals surface area contributed by atoms with Gasteiger partial charge in [0.1, 0.15) is 17.2 Å². The average Bonchev–Trinajstić information content (AvgIpc) is 3.10. The molecular weight excluding hydrogens is 396 g/mol. The second kappa shape index (κ2) is 7.57. The van der Waals surface area contributed by atoms with Crippen LogP contribution >= 0.6 is 11.8 Å². The van der Waals surface area contributed by atoms with E-state index in [9.17, 15) is 4.79 Å². The average molecular weight is 419 g/mol. The number of allylic oxidation sites excluding steroid dienone is 2. The van der Waals surface area contributed by atoms with Crippen molar-refractivity contribution in [3.8, 4) is 5.75 Å². The molecule has 2 N–H and O–H groups in total. The number of amides is 1. The van der Waals surface area contributed by atoms with Crippen LogP contribution in [0.3, 0.4) is 0 Å². The second-order valence-corrected chi connectivity index (χ2v) is 8.51. The van der Waals surface area contributed by atoms with Crippen molar-refractivity contribution in [1.82, 2.24) is 9.38 Å². The van der Waals surface area contributed by atoms with E-state index in [2.05, 4.69) is 35.9 Å². The van der Waals surface area contributed by atoms with Crippen molar-refractivity contribution in [3.63, 3.8) is 0 Å². The molecule has 0 radical (unpaired) electrons. The number of pyridine rings is 1. The lowest BCUT2D eigenvalue weighted by atomic mass is 9.90. The highest BCUT2D eigenvalue weighted by molar-refractivity contribution is 8.03. The van der Waals surface area contributed by atoms with Gasteiger partial charge in [-0.3, -0.25) is 9.20 Å². The van der Waals surface area contributed by atoms with E-state index in [1.165, 1.54) is 0 Å². The topological polar surface area (TPSA) is 67.7 Å². The Bertz CT molecular complexity index is 1210. The molecule has 6 nitrogen and oxygen atoms in total. The highest BCUT2D eigenvalue weighted by Crippen LogP contribution is 2.37. The smallest absolute Gasteiger partial charge is 0.234 e. The molecule has 2 aliphatic heterocycles. The summed E-state index contributed by atoms with van der Waals surface area (Å²) >= 11 is 1.73. The van der Waals surface area contributed by atoms with Crippen LogP contribution in [0.2, 0.25) is 0 Å². The van der Waals surface area contributed by atoms with Crippen LogP contribution in [-0.4, -0.2) is 28.2 Å². The van der Waals surface area contributed by atoms with Crippen molar-refractivity contribution in [3.05, 3.63) is 76.6 Å². The number of hydrogen-bond donors (Lipinski definition) is 2. The predicted molar refractivity (Wildman–Crippen MR) is 121 cm³/mol. The molecule has 152 valence electrons. The first kappa shape index (κ1) is 18.8. The van der Waals surface area contributed by atoms with Gasteiger partial charge in [-0.15, -0.1) is 11.8 Å². The van der Waals surface area contributed by atoms with Crippen LogP contribution in [-0.2, 0) is 11.2 Å². The van der Waals surface area contributed by atoms with E-state index in [-0.39, 0.29) is 11.8 Å². The minimum Gasteiger partial charge on any atom is -0.497 e. The van der Waals surface area contributed by atoms with Crippen LogP contribution in [0.5, 0.6) is 5.75 Å². The Balaban J connectivity index is 1.59. The first-order valence-electron chi connectivity index (χ1n) is 9.85. The number of carbonyl (C=O) groups is 1. The van der Waals surface area contributed by atoms with Gasteiger partial charge in [-0.2, -0.15) is 0 Å². The lowest BCUT2D eigenvalue weighted by Crippen LogP contribution is -2.29. The van der Waals surface area contributed by atoms with Gasteiger partial charge < -0.3 is 15.4 Å². The Morgan fingerprint density at radius 3 is 3.00 bits per heavy atom. The summed E-state index contributed by atoms with van der Waals surface area (Å²) in [6.07, 6.45) is 8.86. The molecule has 0 fully saturated rings. The number of hydrogen-bond acceptors (Lipinski definition) is 5. The van der Waals surface area contributed by atoms with Crippen molar-refractivity contribution < 1.29 is 9.53 Å². The monoisotopic (exact) mass is 418 g/mol. The fourth-order valence-corrected chi connectivity index (χ4v) is 4.59. The lowest BCUT2D eigenvalue weighted by molar-refractivity contribution is -0.117. The van der Waals surface area contributed by atoms with Crippen LogP contribution in [0.1, 0.15) is 22.7 Å². The molecule has 30 heavy (non-hydrogen) atoms. The van der Waals surface area contributed by atoms with Crippen molar-refractivity contribution >= 4 is 34.8 Å². The predicted octanol–water partition coefficient (Wildman–Crippen LogP) is 4.49. The highest BCUT2D eigenvalue weighted by atomic mass is 32.2. The third kappa shape index (κ3) is 3.35. The van der Waals surface area contributed by atoms with E-state index >= 15 is 0 Å². The number of carbonyl (C=O) groups excluding carboxylic acids is 1. The standard InChI is InChI=1S/C23H22N4O2S/c1-14-6-9-19-25-21(22(27(19)13-14)26-20-5-3-4-10-30-20)17-11-15-7-8-16(29-2)12-18(15)24-23(17)28/h3-9,12-13,17,26H,10-11H2,1-2H3,(H,24,28). The first-order valence-corrected chi connectivity index (χ1v) is 10.8. The molecule has 4 heterocycles. The number of anilines is 2. The number of methoxy groups -OCH3 is 1. The Kier molecular flexibility index (Phi) is 4.75. The quantitative estimate of drug-likeness (QED) is 0.654. The Labute approximate surface area is 179 Å². The Hall–Kier alpha value is -3.19. The van der Waals surface area contributed by atoms with Gasteiger partial charge in [0.2, 0.25) is 5.91 Å². The summed E-state index contributed by atoms with van der Waals surface area (Å²) in [5.74, 6) is 2.07. The number of ether oxygens (including phenoxy) is 1. The molecule has 2 aromatic heterocycles. The number of fused-ring (bicyclic) bond motifs is 2. The summed E-state index contributed by atoms with van der Waals surface area (Å²) in [5.41, 5.74) is 4.60. The number of thioether (sulfide) groups is 1. The fourth-order valence-electron chi connectivity index (χ4n) is 3.86. The SMILES string of the molecule is COc1ccc2c(c1)NC(=O)C(c1nc3ccc(C)cn3c1NC1=CC=CCS1)C2. The molecule has 3 aromatic rings. The number of imidazole rings is 1. The van der Waals surface area contributed by atoms with Gasteiger partial charge in [0.15, 0.2) is 0 Å². The lowest BCUT2D eigenvalue weighted by Gasteiger charge is -2.25. The molecule has 0 saturated heterocycles. The summed E-state index contributed by atoms with van der Waals surface area (Å²) in [6.45, 7) is 2.05. The minimum absolute atomic E-state index is 0.0518. The summed E-state index contributed by atoms with van der Waals surface area (Å²) < 4.78 is 7.33. The third-order valence-corrected chi connectivity index (χ3v) is 6.31. The van der Waals surface area contributed by atoms with E-state index in [1.54, 1.807) is 18.9 Å². The first-order chi connectivity index (χ1) is 14.6. The summed E-state index contributed by atoms with van der Waals surface area (Å²) in [6, 6.07) is 9.83. The number of aryl methyl sites for hydroxylation is 1. The van der Waals surface area contributed by atoms with E-state index in [0.717, 1.165) is 50.5 Å². The van der Waals surface area contributed by atoms with E-state index < -0.39 is 0 Å². The van der Waals surface area contributed by atoms with Gasteiger partial charge in [-0.05, 0) is 42.7 Å². The fraction of sp³-hybridized carbons (Fsp3) is 0.217. The number of rotatable bonds is 4. The molecule has 0 spiro atoms. The molecule has 7 heteroatoms. The van der Waals surface area contributed by atoms with Crippen molar-refractivity contribution in [2.45, 2.75) is 19.3 Å². The molecule has 1 amide bonds. The summed E-state index contributed by atoms with van der Waals surface area (Å²) in [5, 5.41) is 7.62. The molecular formula is C23H22N4O2S. The molecule has 0 aliphatic carbocycles. The zero-order valence-electron chi connectivity index (χ0n) is 16.8. The highest BCUT2D eigenvalue weighted by Gasteiger charge is 2.33. The molecule has 1 aromatic carbocycles. The zero-order chi connectivity index (χ0) is 20.7. The summed E-state index contributed by atoms with van der Waals surface area (Å²) in [4.78, 5) is 17.9. The maximum atomic E-state index is 13.1. The molecule has 5 rings (SSSR count). The van der Waals surface area contributed by atoms with Crippen LogP contribution in [0.15, 0.2) is 59.8 Å². The number of benzene rings is 1. The van der Waals surface area contributed by atoms with Crippen LogP contribution in [0.4, 0.5) is 11.5 Å². The van der Waals surface area contributed by atoms with Crippen LogP contribution in [0.25, 0.3) is 5.65 Å². The zero-order valence-corrected chi connectivity index (χ0v) is 17.6. The van der Waals surface area contributed by atoms with Gasteiger partial charge in [0.05, 0.1) is 23.8 Å². The Morgan fingerprint density at radius 2 is 2.20 bits per heavy atom.